The Morgan fingerprint density at radius 3 is 1.53 bits per heavy atom. The maximum Gasteiger partial charge on any atom is 0.410 e. The first-order valence-electron chi connectivity index (χ1n) is 9.90. The lowest BCUT2D eigenvalue weighted by atomic mass is 10.0. The van der Waals surface area contributed by atoms with Crippen molar-refractivity contribution in [1.82, 2.24) is 9.80 Å². The minimum absolute atomic E-state index is 0.0669. The van der Waals surface area contributed by atoms with Gasteiger partial charge in [-0.05, 0) is 41.5 Å². The molecule has 2 amide bonds. The normalized spacial score (nSPS) is 18.0. The number of carbonyl (C=O) groups excluding carboxylic acids is 2. The summed E-state index contributed by atoms with van der Waals surface area (Å²) in [6, 6.07) is 0. The number of amides is 2. The zero-order valence-electron chi connectivity index (χ0n) is 19.0. The van der Waals surface area contributed by atoms with E-state index in [9.17, 15) is 18.0 Å². The molecule has 11 heteroatoms. The van der Waals surface area contributed by atoms with E-state index in [4.69, 9.17) is 14.6 Å². The van der Waals surface area contributed by atoms with Crippen LogP contribution in [0, 0.1) is 11.8 Å². The fraction of sp³-hybridized carbons (Fsp3) is 0.895. The first-order chi connectivity index (χ1) is 13.5. The number of likely N-dealkylation sites (tertiary alicyclic amines) is 2. The first-order valence-corrected chi connectivity index (χ1v) is 11.7. The van der Waals surface area contributed by atoms with Crippen molar-refractivity contribution in [2.75, 3.05) is 45.6 Å². The van der Waals surface area contributed by atoms with Crippen LogP contribution < -0.4 is 0 Å². The highest BCUT2D eigenvalue weighted by atomic mass is 32.2. The van der Waals surface area contributed by atoms with Gasteiger partial charge in [-0.25, -0.2) is 9.59 Å². The number of carbonyl (C=O) groups is 2. The third-order valence-electron chi connectivity index (χ3n) is 3.99. The summed E-state index contributed by atoms with van der Waals surface area (Å²) in [5.74, 6) is 0.310. The van der Waals surface area contributed by atoms with Crippen molar-refractivity contribution >= 4 is 22.3 Å². The molecule has 2 heterocycles. The second-order valence-corrected chi connectivity index (χ2v) is 11.3. The van der Waals surface area contributed by atoms with E-state index in [0.717, 1.165) is 6.26 Å². The molecule has 2 saturated heterocycles. The molecule has 10 nitrogen and oxygen atoms in total. The molecule has 2 rings (SSSR count). The number of rotatable bonds is 4. The number of hydrogen-bond acceptors (Lipinski definition) is 8. The van der Waals surface area contributed by atoms with Crippen LogP contribution >= 0.6 is 0 Å². The molecule has 0 atom stereocenters. The van der Waals surface area contributed by atoms with E-state index >= 15 is 0 Å². The molecule has 0 aromatic rings. The third kappa shape index (κ3) is 10.4. The van der Waals surface area contributed by atoms with Gasteiger partial charge in [0.25, 0.3) is 10.1 Å². The molecule has 0 radical (unpaired) electrons. The Balaban J connectivity index is 0.000000311. The maximum atomic E-state index is 11.5. The molecular formula is C19H36N2O8S. The van der Waals surface area contributed by atoms with Gasteiger partial charge in [-0.2, -0.15) is 8.42 Å². The van der Waals surface area contributed by atoms with Crippen LogP contribution in [0.1, 0.15) is 41.5 Å². The minimum atomic E-state index is -3.40. The predicted octanol–water partition coefficient (Wildman–Crippen LogP) is 1.68. The zero-order valence-corrected chi connectivity index (χ0v) is 19.8. The summed E-state index contributed by atoms with van der Waals surface area (Å²) >= 11 is 0. The summed E-state index contributed by atoms with van der Waals surface area (Å²) in [7, 11) is -3.40. The van der Waals surface area contributed by atoms with E-state index in [-0.39, 0.29) is 37.2 Å². The number of ether oxygens (including phenoxy) is 2. The van der Waals surface area contributed by atoms with E-state index in [2.05, 4.69) is 4.18 Å². The number of aliphatic hydroxyl groups is 1. The zero-order chi connectivity index (χ0) is 23.3. The lowest BCUT2D eigenvalue weighted by Gasteiger charge is -2.39. The second kappa shape index (κ2) is 10.1. The van der Waals surface area contributed by atoms with Crippen LogP contribution in [0.4, 0.5) is 9.59 Å². The summed E-state index contributed by atoms with van der Waals surface area (Å²) in [6.45, 7) is 13.4. The van der Waals surface area contributed by atoms with Gasteiger partial charge in [0, 0.05) is 44.6 Å². The Morgan fingerprint density at radius 1 is 0.867 bits per heavy atom. The standard InChI is InChI=1S/C10H19NO5S.C9H17NO3/c1-10(2,3)16-9(12)11-5-8(6-11)7-15-17(4,13)14;1-9(2,3)13-8(12)10-4-7(5-10)6-11/h8H,5-7H2,1-4H3;7,11H,4-6H2,1-3H3. The van der Waals surface area contributed by atoms with Crippen molar-refractivity contribution in [1.29, 1.82) is 0 Å². The van der Waals surface area contributed by atoms with Crippen LogP contribution in [0.25, 0.3) is 0 Å². The predicted molar refractivity (Wildman–Crippen MR) is 110 cm³/mol. The highest BCUT2D eigenvalue weighted by Crippen LogP contribution is 2.20. The SMILES string of the molecule is CC(C)(C)OC(=O)N1CC(CO)C1.CC(C)(C)OC(=O)N1CC(COS(C)(=O)=O)C1. The number of nitrogens with zero attached hydrogens (tertiary/aromatic N) is 2. The van der Waals surface area contributed by atoms with Crippen LogP contribution in [-0.4, -0.2) is 92.4 Å². The van der Waals surface area contributed by atoms with Gasteiger partial charge in [0.05, 0.1) is 12.9 Å². The molecule has 0 saturated carbocycles. The molecule has 2 aliphatic heterocycles. The average molecular weight is 453 g/mol. The molecule has 0 unspecified atom stereocenters. The maximum absolute atomic E-state index is 11.5. The summed E-state index contributed by atoms with van der Waals surface area (Å²) < 4.78 is 36.5. The lowest BCUT2D eigenvalue weighted by Crippen LogP contribution is -2.53. The Labute approximate surface area is 179 Å². The van der Waals surface area contributed by atoms with Crippen molar-refractivity contribution < 1.29 is 36.8 Å². The van der Waals surface area contributed by atoms with E-state index in [1.807, 2.05) is 20.8 Å². The molecule has 0 aromatic carbocycles. The molecule has 176 valence electrons. The van der Waals surface area contributed by atoms with Gasteiger partial charge in [0.15, 0.2) is 0 Å². The van der Waals surface area contributed by atoms with Gasteiger partial charge in [0.1, 0.15) is 11.2 Å². The van der Waals surface area contributed by atoms with E-state index in [1.165, 1.54) is 4.90 Å². The molecule has 0 spiro atoms. The van der Waals surface area contributed by atoms with E-state index in [1.54, 1.807) is 25.7 Å². The molecule has 2 fully saturated rings. The third-order valence-corrected chi connectivity index (χ3v) is 4.56. The van der Waals surface area contributed by atoms with E-state index in [0.29, 0.717) is 26.2 Å². The topological polar surface area (TPSA) is 123 Å². The summed E-state index contributed by atoms with van der Waals surface area (Å²) in [6.07, 6.45) is 0.363. The largest absolute Gasteiger partial charge is 0.444 e. The molecule has 0 bridgehead atoms. The van der Waals surface area contributed by atoms with Gasteiger partial charge in [-0.15, -0.1) is 0 Å². The monoisotopic (exact) mass is 452 g/mol. The van der Waals surface area contributed by atoms with Crippen molar-refractivity contribution in [3.63, 3.8) is 0 Å². The molecule has 2 aliphatic rings. The van der Waals surface area contributed by atoms with Gasteiger partial charge >= 0.3 is 12.2 Å². The Hall–Kier alpha value is -1.59. The van der Waals surface area contributed by atoms with Crippen molar-refractivity contribution in [2.45, 2.75) is 52.7 Å². The van der Waals surface area contributed by atoms with Crippen molar-refractivity contribution in [3.8, 4) is 0 Å². The van der Waals surface area contributed by atoms with Gasteiger partial charge < -0.3 is 24.4 Å². The second-order valence-electron chi connectivity index (χ2n) is 9.67. The summed E-state index contributed by atoms with van der Waals surface area (Å²) in [4.78, 5) is 26.0. The molecular weight excluding hydrogens is 416 g/mol. The van der Waals surface area contributed by atoms with Crippen LogP contribution in [0.3, 0.4) is 0 Å². The molecule has 30 heavy (non-hydrogen) atoms. The summed E-state index contributed by atoms with van der Waals surface area (Å²) in [5, 5.41) is 8.74. The van der Waals surface area contributed by atoms with Gasteiger partial charge in [-0.3, -0.25) is 4.18 Å². The van der Waals surface area contributed by atoms with Crippen molar-refractivity contribution in [2.24, 2.45) is 11.8 Å². The number of aliphatic hydroxyl groups excluding tert-OH is 1. The van der Waals surface area contributed by atoms with Crippen LogP contribution in [-0.2, 0) is 23.8 Å². The molecule has 1 N–H and O–H groups in total. The minimum Gasteiger partial charge on any atom is -0.444 e. The fourth-order valence-electron chi connectivity index (χ4n) is 2.53. The highest BCUT2D eigenvalue weighted by Gasteiger charge is 2.34. The molecule has 0 aliphatic carbocycles. The number of hydrogen-bond donors (Lipinski definition) is 1. The van der Waals surface area contributed by atoms with Gasteiger partial charge in [-0.1, -0.05) is 0 Å². The fourth-order valence-corrected chi connectivity index (χ4v) is 2.97. The quantitative estimate of drug-likeness (QED) is 0.639. The lowest BCUT2D eigenvalue weighted by molar-refractivity contribution is -0.0100. The van der Waals surface area contributed by atoms with E-state index < -0.39 is 21.3 Å². The van der Waals surface area contributed by atoms with Crippen LogP contribution in [0.5, 0.6) is 0 Å². The Morgan fingerprint density at radius 2 is 1.23 bits per heavy atom. The van der Waals surface area contributed by atoms with Crippen LogP contribution in [0.15, 0.2) is 0 Å². The Bertz CT molecular complexity index is 684. The highest BCUT2D eigenvalue weighted by molar-refractivity contribution is 7.85. The first kappa shape index (κ1) is 26.4. The Kier molecular flexibility index (Phi) is 8.94. The average Bonchev–Trinajstić information content (AvgIpc) is 2.39. The molecule has 0 aromatic heterocycles. The summed E-state index contributed by atoms with van der Waals surface area (Å²) in [5.41, 5.74) is -0.938. The van der Waals surface area contributed by atoms with Crippen LogP contribution in [0.2, 0.25) is 0 Å². The van der Waals surface area contributed by atoms with Crippen molar-refractivity contribution in [3.05, 3.63) is 0 Å². The van der Waals surface area contributed by atoms with Gasteiger partial charge in [0.2, 0.25) is 0 Å². The smallest absolute Gasteiger partial charge is 0.410 e.